The summed E-state index contributed by atoms with van der Waals surface area (Å²) in [7, 11) is 3.25. The second-order valence-electron chi connectivity index (χ2n) is 9.11. The largest absolute Gasteiger partial charge is 0.493 e. The average Bonchev–Trinajstić information content (AvgIpc) is 3.30. The molecule has 0 saturated carbocycles. The summed E-state index contributed by atoms with van der Waals surface area (Å²) in [6.07, 6.45) is 0. The summed E-state index contributed by atoms with van der Waals surface area (Å²) in [4.78, 5) is 4.43. The van der Waals surface area contributed by atoms with Crippen LogP contribution in [0.1, 0.15) is 38.2 Å². The molecule has 1 atom stereocenters. The first kappa shape index (κ1) is 23.0. The van der Waals surface area contributed by atoms with Crippen molar-refractivity contribution in [3.05, 3.63) is 59.7 Å². The molecule has 1 saturated heterocycles. The third kappa shape index (κ3) is 4.64. The average molecular weight is 455 g/mol. The summed E-state index contributed by atoms with van der Waals surface area (Å²) in [5.41, 5.74) is 1.36. The lowest BCUT2D eigenvalue weighted by Crippen LogP contribution is -2.49. The van der Waals surface area contributed by atoms with E-state index >= 15 is 0 Å². The lowest BCUT2D eigenvalue weighted by Gasteiger charge is -2.40. The zero-order valence-electron chi connectivity index (χ0n) is 19.8. The molecule has 2 heterocycles. The molecular formula is C24H31FN6O2. The molecule has 0 N–H and O–H groups in total. The van der Waals surface area contributed by atoms with Crippen molar-refractivity contribution in [3.8, 4) is 11.5 Å². The summed E-state index contributed by atoms with van der Waals surface area (Å²) in [6.45, 7) is 9.08. The van der Waals surface area contributed by atoms with Crippen LogP contribution in [0.5, 0.6) is 11.5 Å². The highest BCUT2D eigenvalue weighted by Gasteiger charge is 2.34. The molecule has 1 aliphatic heterocycles. The molecule has 0 aliphatic carbocycles. The first-order chi connectivity index (χ1) is 15.8. The van der Waals surface area contributed by atoms with Crippen molar-refractivity contribution in [3.63, 3.8) is 0 Å². The van der Waals surface area contributed by atoms with E-state index < -0.39 is 0 Å². The Balaban J connectivity index is 1.69. The van der Waals surface area contributed by atoms with E-state index in [2.05, 4.69) is 46.1 Å². The van der Waals surface area contributed by atoms with Gasteiger partial charge in [-0.1, -0.05) is 18.2 Å². The third-order valence-electron chi connectivity index (χ3n) is 5.97. The molecule has 33 heavy (non-hydrogen) atoms. The van der Waals surface area contributed by atoms with Gasteiger partial charge in [0.05, 0.1) is 31.5 Å². The maximum absolute atomic E-state index is 14.3. The molecule has 3 aromatic rings. The minimum atomic E-state index is -0.289. The topological polar surface area (TPSA) is 68.5 Å². The fourth-order valence-corrected chi connectivity index (χ4v) is 4.32. The third-order valence-corrected chi connectivity index (χ3v) is 5.97. The number of aromatic nitrogens is 4. The quantitative estimate of drug-likeness (QED) is 0.565. The second kappa shape index (κ2) is 9.35. The van der Waals surface area contributed by atoms with E-state index in [1.54, 1.807) is 20.3 Å². The molecule has 1 fully saturated rings. The van der Waals surface area contributed by atoms with Gasteiger partial charge in [0, 0.05) is 26.2 Å². The van der Waals surface area contributed by atoms with Crippen molar-refractivity contribution < 1.29 is 13.9 Å². The Morgan fingerprint density at radius 3 is 2.27 bits per heavy atom. The van der Waals surface area contributed by atoms with Crippen LogP contribution in [0.4, 0.5) is 10.1 Å². The van der Waals surface area contributed by atoms with Gasteiger partial charge in [-0.25, -0.2) is 9.07 Å². The van der Waals surface area contributed by atoms with Crippen LogP contribution in [0.2, 0.25) is 0 Å². The van der Waals surface area contributed by atoms with E-state index in [9.17, 15) is 4.39 Å². The molecular weight excluding hydrogens is 423 g/mol. The number of rotatable bonds is 6. The maximum atomic E-state index is 14.3. The van der Waals surface area contributed by atoms with E-state index in [-0.39, 0.29) is 17.4 Å². The van der Waals surface area contributed by atoms with Crippen LogP contribution in [-0.4, -0.2) is 65.5 Å². The Morgan fingerprint density at radius 1 is 0.939 bits per heavy atom. The molecule has 1 aromatic heterocycles. The maximum Gasteiger partial charge on any atom is 0.173 e. The predicted octanol–water partition coefficient (Wildman–Crippen LogP) is 3.50. The zero-order valence-corrected chi connectivity index (χ0v) is 19.8. The molecule has 0 spiro atoms. The number of benzene rings is 2. The minimum absolute atomic E-state index is 0.193. The van der Waals surface area contributed by atoms with Crippen LogP contribution in [0.3, 0.4) is 0 Å². The van der Waals surface area contributed by atoms with Crippen LogP contribution >= 0.6 is 0 Å². The van der Waals surface area contributed by atoms with Gasteiger partial charge < -0.3 is 14.4 Å². The van der Waals surface area contributed by atoms with Gasteiger partial charge >= 0.3 is 0 Å². The van der Waals surface area contributed by atoms with Crippen molar-refractivity contribution in [2.45, 2.75) is 32.4 Å². The number of tetrazole rings is 1. The standard InChI is InChI=1S/C24H31FN6O2/c1-24(2,3)31-23(26-27-28-31)22(17-10-11-20(32-4)21(16-17)33-5)30-14-12-29(13-15-30)19-9-7-6-8-18(19)25/h6-11,16,22H,12-15H2,1-5H3. The van der Waals surface area contributed by atoms with Crippen molar-refractivity contribution in [1.29, 1.82) is 0 Å². The normalized spacial score (nSPS) is 16.0. The number of hydrogen-bond acceptors (Lipinski definition) is 7. The van der Waals surface area contributed by atoms with Crippen molar-refractivity contribution in [2.75, 3.05) is 45.3 Å². The number of halogens is 1. The van der Waals surface area contributed by atoms with Crippen molar-refractivity contribution in [1.82, 2.24) is 25.1 Å². The van der Waals surface area contributed by atoms with Gasteiger partial charge in [-0.15, -0.1) is 5.10 Å². The Labute approximate surface area is 193 Å². The number of piperazine rings is 1. The number of nitrogens with zero attached hydrogens (tertiary/aromatic N) is 6. The molecule has 0 bridgehead atoms. The Morgan fingerprint density at radius 2 is 1.64 bits per heavy atom. The number of anilines is 1. The smallest absolute Gasteiger partial charge is 0.173 e. The first-order valence-electron chi connectivity index (χ1n) is 11.1. The van der Waals surface area contributed by atoms with E-state index in [1.165, 1.54) is 6.07 Å². The lowest BCUT2D eigenvalue weighted by molar-refractivity contribution is 0.191. The lowest BCUT2D eigenvalue weighted by atomic mass is 10.0. The van der Waals surface area contributed by atoms with Gasteiger partial charge in [0.25, 0.3) is 0 Å². The predicted molar refractivity (Wildman–Crippen MR) is 124 cm³/mol. The van der Waals surface area contributed by atoms with Crippen molar-refractivity contribution in [2.24, 2.45) is 0 Å². The van der Waals surface area contributed by atoms with E-state index in [0.29, 0.717) is 30.3 Å². The summed E-state index contributed by atoms with van der Waals surface area (Å²) < 4.78 is 27.2. The fourth-order valence-electron chi connectivity index (χ4n) is 4.32. The monoisotopic (exact) mass is 454 g/mol. The van der Waals surface area contributed by atoms with Gasteiger partial charge in [-0.05, 0) is 61.0 Å². The van der Waals surface area contributed by atoms with Gasteiger partial charge in [0.1, 0.15) is 5.82 Å². The van der Waals surface area contributed by atoms with Gasteiger partial charge in [-0.2, -0.15) is 0 Å². The van der Waals surface area contributed by atoms with E-state index in [1.807, 2.05) is 35.0 Å². The van der Waals surface area contributed by atoms with Crippen LogP contribution in [0.25, 0.3) is 0 Å². The van der Waals surface area contributed by atoms with E-state index in [0.717, 1.165) is 24.5 Å². The number of hydrogen-bond donors (Lipinski definition) is 0. The minimum Gasteiger partial charge on any atom is -0.493 e. The molecule has 0 amide bonds. The molecule has 4 rings (SSSR count). The zero-order chi connectivity index (χ0) is 23.6. The molecule has 8 nitrogen and oxygen atoms in total. The Hall–Kier alpha value is -3.20. The highest BCUT2D eigenvalue weighted by atomic mass is 19.1. The second-order valence-corrected chi connectivity index (χ2v) is 9.11. The Kier molecular flexibility index (Phi) is 6.51. The molecule has 1 aliphatic rings. The van der Waals surface area contributed by atoms with Crippen LogP contribution < -0.4 is 14.4 Å². The number of methoxy groups -OCH3 is 2. The SMILES string of the molecule is COc1ccc(C(c2nnnn2C(C)(C)C)N2CCN(c3ccccc3F)CC2)cc1OC. The Bertz CT molecular complexity index is 1090. The number of para-hydroxylation sites is 1. The van der Waals surface area contributed by atoms with Crippen LogP contribution in [0, 0.1) is 5.82 Å². The first-order valence-corrected chi connectivity index (χ1v) is 11.1. The summed E-state index contributed by atoms with van der Waals surface area (Å²) in [5, 5.41) is 12.7. The van der Waals surface area contributed by atoms with E-state index in [4.69, 9.17) is 9.47 Å². The molecule has 2 aromatic carbocycles. The number of ether oxygens (including phenoxy) is 2. The summed E-state index contributed by atoms with van der Waals surface area (Å²) in [6, 6.07) is 12.6. The van der Waals surface area contributed by atoms with Gasteiger partial charge in [0.2, 0.25) is 0 Å². The van der Waals surface area contributed by atoms with Gasteiger partial charge in [-0.3, -0.25) is 4.90 Å². The molecule has 1 unspecified atom stereocenters. The highest BCUT2D eigenvalue weighted by molar-refractivity contribution is 5.48. The highest BCUT2D eigenvalue weighted by Crippen LogP contribution is 2.36. The summed E-state index contributed by atoms with van der Waals surface area (Å²) >= 11 is 0. The fraction of sp³-hybridized carbons (Fsp3) is 0.458. The van der Waals surface area contributed by atoms with Gasteiger partial charge in [0.15, 0.2) is 17.3 Å². The summed E-state index contributed by atoms with van der Waals surface area (Å²) in [5.74, 6) is 1.88. The van der Waals surface area contributed by atoms with Crippen LogP contribution in [-0.2, 0) is 5.54 Å². The van der Waals surface area contributed by atoms with Crippen LogP contribution in [0.15, 0.2) is 42.5 Å². The molecule has 9 heteroatoms. The molecule has 0 radical (unpaired) electrons. The molecule has 176 valence electrons. The van der Waals surface area contributed by atoms with Crippen molar-refractivity contribution >= 4 is 5.69 Å².